The Bertz CT molecular complexity index is 328. The van der Waals surface area contributed by atoms with Gasteiger partial charge in [0.15, 0.2) is 11.5 Å². The number of aromatic hydroxyl groups is 1. The minimum atomic E-state index is -0.420. The van der Waals surface area contributed by atoms with Crippen molar-refractivity contribution in [2.24, 2.45) is 0 Å². The Labute approximate surface area is 82.5 Å². The van der Waals surface area contributed by atoms with Crippen molar-refractivity contribution in [2.75, 3.05) is 14.2 Å². The van der Waals surface area contributed by atoms with Crippen molar-refractivity contribution >= 4 is 0 Å². The van der Waals surface area contributed by atoms with E-state index in [4.69, 9.17) is 4.74 Å². The number of halogens is 1. The summed E-state index contributed by atoms with van der Waals surface area (Å²) in [5, 5.41) is 12.6. The summed E-state index contributed by atoms with van der Waals surface area (Å²) in [6.07, 6.45) is 0. The number of methoxy groups -OCH3 is 1. The zero-order valence-corrected chi connectivity index (χ0v) is 8.47. The summed E-state index contributed by atoms with van der Waals surface area (Å²) in [7, 11) is 3.13. The van der Waals surface area contributed by atoms with E-state index < -0.39 is 5.82 Å². The Kier molecular flexibility index (Phi) is 3.30. The number of hydrogen-bond donors (Lipinski definition) is 2. The highest BCUT2D eigenvalue weighted by Crippen LogP contribution is 2.34. The fourth-order valence-corrected chi connectivity index (χ4v) is 1.24. The van der Waals surface area contributed by atoms with Gasteiger partial charge >= 0.3 is 0 Å². The van der Waals surface area contributed by atoms with Crippen LogP contribution in [-0.4, -0.2) is 19.3 Å². The van der Waals surface area contributed by atoms with Crippen LogP contribution < -0.4 is 10.1 Å². The molecule has 0 spiro atoms. The Balaban J connectivity index is 3.21. The van der Waals surface area contributed by atoms with Crippen LogP contribution in [0.3, 0.4) is 0 Å². The highest BCUT2D eigenvalue weighted by atomic mass is 19.1. The molecule has 1 unspecified atom stereocenters. The van der Waals surface area contributed by atoms with Gasteiger partial charge in [-0.3, -0.25) is 0 Å². The van der Waals surface area contributed by atoms with Crippen molar-refractivity contribution in [1.29, 1.82) is 0 Å². The van der Waals surface area contributed by atoms with Crippen molar-refractivity contribution in [3.05, 3.63) is 23.5 Å². The van der Waals surface area contributed by atoms with E-state index in [1.54, 1.807) is 7.05 Å². The average molecular weight is 199 g/mol. The lowest BCUT2D eigenvalue weighted by Gasteiger charge is -2.14. The van der Waals surface area contributed by atoms with E-state index in [9.17, 15) is 9.50 Å². The zero-order chi connectivity index (χ0) is 10.7. The van der Waals surface area contributed by atoms with Crippen LogP contribution >= 0.6 is 0 Å². The summed E-state index contributed by atoms with van der Waals surface area (Å²) in [6.45, 7) is 1.83. The number of phenols is 1. The van der Waals surface area contributed by atoms with Gasteiger partial charge in [0.25, 0.3) is 0 Å². The van der Waals surface area contributed by atoms with E-state index in [1.807, 2.05) is 6.92 Å². The number of rotatable bonds is 3. The van der Waals surface area contributed by atoms with Crippen molar-refractivity contribution in [1.82, 2.24) is 5.32 Å². The molecule has 0 heterocycles. The zero-order valence-electron chi connectivity index (χ0n) is 8.47. The first-order valence-electron chi connectivity index (χ1n) is 4.33. The predicted molar refractivity (Wildman–Crippen MR) is 52.1 cm³/mol. The Morgan fingerprint density at radius 2 is 2.14 bits per heavy atom. The molecule has 78 valence electrons. The van der Waals surface area contributed by atoms with Crippen molar-refractivity contribution in [2.45, 2.75) is 13.0 Å². The fourth-order valence-electron chi connectivity index (χ4n) is 1.24. The minimum Gasteiger partial charge on any atom is -0.504 e. The summed E-state index contributed by atoms with van der Waals surface area (Å²) in [5.74, 6) is -0.283. The van der Waals surface area contributed by atoms with Crippen molar-refractivity contribution < 1.29 is 14.2 Å². The van der Waals surface area contributed by atoms with Gasteiger partial charge in [-0.25, -0.2) is 4.39 Å². The highest BCUT2D eigenvalue weighted by molar-refractivity contribution is 5.47. The summed E-state index contributed by atoms with van der Waals surface area (Å²) < 4.78 is 17.9. The molecule has 0 saturated carbocycles. The van der Waals surface area contributed by atoms with Gasteiger partial charge in [-0.05, 0) is 20.0 Å². The van der Waals surface area contributed by atoms with Gasteiger partial charge < -0.3 is 15.2 Å². The first-order valence-corrected chi connectivity index (χ1v) is 4.33. The van der Waals surface area contributed by atoms with E-state index in [0.717, 1.165) is 6.07 Å². The highest BCUT2D eigenvalue weighted by Gasteiger charge is 2.14. The van der Waals surface area contributed by atoms with E-state index in [1.165, 1.54) is 13.2 Å². The van der Waals surface area contributed by atoms with Crippen LogP contribution in [0.25, 0.3) is 0 Å². The summed E-state index contributed by atoms with van der Waals surface area (Å²) in [6, 6.07) is 2.32. The van der Waals surface area contributed by atoms with E-state index in [0.29, 0.717) is 5.56 Å². The molecule has 14 heavy (non-hydrogen) atoms. The molecular formula is C10H14FNO2. The van der Waals surface area contributed by atoms with Crippen LogP contribution in [0.4, 0.5) is 4.39 Å². The largest absolute Gasteiger partial charge is 0.504 e. The molecule has 1 atom stereocenters. The molecular weight excluding hydrogens is 185 g/mol. The molecule has 2 N–H and O–H groups in total. The molecule has 3 nitrogen and oxygen atoms in total. The Hall–Kier alpha value is -1.29. The van der Waals surface area contributed by atoms with E-state index in [2.05, 4.69) is 5.32 Å². The molecule has 4 heteroatoms. The molecule has 0 aliphatic carbocycles. The lowest BCUT2D eigenvalue weighted by atomic mass is 10.1. The third kappa shape index (κ3) is 1.96. The molecule has 0 aromatic heterocycles. The van der Waals surface area contributed by atoms with Crippen LogP contribution in [0.5, 0.6) is 11.5 Å². The molecule has 0 amide bonds. The number of benzene rings is 1. The Morgan fingerprint density at radius 1 is 1.50 bits per heavy atom. The maximum Gasteiger partial charge on any atom is 0.163 e. The van der Waals surface area contributed by atoms with Gasteiger partial charge in [-0.1, -0.05) is 0 Å². The second-order valence-electron chi connectivity index (χ2n) is 3.06. The standard InChI is InChI=1S/C10H14FNO2/c1-6(12-2)8-4-7(11)5-9(14-3)10(8)13/h4-6,12-13H,1-3H3. The van der Waals surface area contributed by atoms with Crippen molar-refractivity contribution in [3.63, 3.8) is 0 Å². The van der Waals surface area contributed by atoms with Gasteiger partial charge in [-0.2, -0.15) is 0 Å². The average Bonchev–Trinajstić information content (AvgIpc) is 2.19. The fraction of sp³-hybridized carbons (Fsp3) is 0.400. The van der Waals surface area contributed by atoms with Crippen LogP contribution in [0.1, 0.15) is 18.5 Å². The first-order chi connectivity index (χ1) is 6.60. The monoisotopic (exact) mass is 199 g/mol. The lowest BCUT2D eigenvalue weighted by molar-refractivity contribution is 0.364. The van der Waals surface area contributed by atoms with E-state index in [-0.39, 0.29) is 17.5 Å². The third-order valence-electron chi connectivity index (χ3n) is 2.19. The molecule has 0 fully saturated rings. The summed E-state index contributed by atoms with van der Waals surface area (Å²) in [4.78, 5) is 0. The van der Waals surface area contributed by atoms with Gasteiger partial charge in [0.2, 0.25) is 0 Å². The quantitative estimate of drug-likeness (QED) is 0.780. The number of phenolic OH excluding ortho intramolecular Hbond substituents is 1. The van der Waals surface area contributed by atoms with Gasteiger partial charge in [0.1, 0.15) is 5.82 Å². The normalized spacial score (nSPS) is 12.6. The topological polar surface area (TPSA) is 41.5 Å². The van der Waals surface area contributed by atoms with Crippen LogP contribution in [0.15, 0.2) is 12.1 Å². The molecule has 0 aliphatic rings. The number of nitrogens with one attached hydrogen (secondary N) is 1. The SMILES string of the molecule is CNC(C)c1cc(F)cc(OC)c1O. The second-order valence-corrected chi connectivity index (χ2v) is 3.06. The third-order valence-corrected chi connectivity index (χ3v) is 2.19. The predicted octanol–water partition coefficient (Wildman–Crippen LogP) is 1.82. The van der Waals surface area contributed by atoms with Gasteiger partial charge in [0, 0.05) is 17.7 Å². The maximum absolute atomic E-state index is 13.1. The number of hydrogen-bond acceptors (Lipinski definition) is 3. The molecule has 1 aromatic rings. The summed E-state index contributed by atoms with van der Waals surface area (Å²) in [5.41, 5.74) is 0.490. The molecule has 0 aliphatic heterocycles. The van der Waals surface area contributed by atoms with Crippen LogP contribution in [0.2, 0.25) is 0 Å². The van der Waals surface area contributed by atoms with Crippen LogP contribution in [-0.2, 0) is 0 Å². The van der Waals surface area contributed by atoms with Crippen LogP contribution in [0, 0.1) is 5.82 Å². The van der Waals surface area contributed by atoms with E-state index >= 15 is 0 Å². The maximum atomic E-state index is 13.1. The minimum absolute atomic E-state index is 0.0178. The smallest absolute Gasteiger partial charge is 0.163 e. The lowest BCUT2D eigenvalue weighted by Crippen LogP contribution is -2.12. The molecule has 0 radical (unpaired) electrons. The summed E-state index contributed by atoms with van der Waals surface area (Å²) >= 11 is 0. The van der Waals surface area contributed by atoms with Gasteiger partial charge in [0.05, 0.1) is 7.11 Å². The Morgan fingerprint density at radius 3 is 2.64 bits per heavy atom. The number of ether oxygens (including phenoxy) is 1. The molecule has 0 saturated heterocycles. The van der Waals surface area contributed by atoms with Crippen molar-refractivity contribution in [3.8, 4) is 11.5 Å². The second kappa shape index (κ2) is 4.28. The first kappa shape index (κ1) is 10.8. The molecule has 1 aromatic carbocycles. The molecule has 1 rings (SSSR count). The molecule has 0 bridgehead atoms. The van der Waals surface area contributed by atoms with Gasteiger partial charge in [-0.15, -0.1) is 0 Å².